The van der Waals surface area contributed by atoms with E-state index >= 15 is 0 Å². The van der Waals surface area contributed by atoms with Crippen molar-refractivity contribution in [3.63, 3.8) is 0 Å². The van der Waals surface area contributed by atoms with Crippen molar-refractivity contribution in [2.45, 2.75) is 18.8 Å². The Morgan fingerprint density at radius 2 is 2.03 bits per heavy atom. The molecule has 0 unspecified atom stereocenters. The summed E-state index contributed by atoms with van der Waals surface area (Å²) in [5, 5.41) is 6.70. The molecule has 1 aliphatic rings. The summed E-state index contributed by atoms with van der Waals surface area (Å²) in [6.07, 6.45) is 1.64. The Balaban J connectivity index is 1.44. The smallest absolute Gasteiger partial charge is 0.321 e. The van der Waals surface area contributed by atoms with Gasteiger partial charge in [-0.25, -0.2) is 9.18 Å². The van der Waals surface area contributed by atoms with Gasteiger partial charge < -0.3 is 19.5 Å². The number of likely N-dealkylation sites (tertiary alicyclic amines) is 1. The molecule has 0 spiro atoms. The summed E-state index contributed by atoms with van der Waals surface area (Å²) in [6.45, 7) is 1.03. The number of urea groups is 1. The fraction of sp³-hybridized carbons (Fsp3) is 0.286. The molecule has 0 aliphatic carbocycles. The van der Waals surface area contributed by atoms with E-state index in [1.807, 2.05) is 24.3 Å². The molecule has 1 fully saturated rings. The lowest BCUT2D eigenvalue weighted by atomic mass is 9.98. The molecule has 1 aromatic heterocycles. The molecular formula is C21H21FN4O3. The minimum absolute atomic E-state index is 0.0605. The van der Waals surface area contributed by atoms with Gasteiger partial charge in [0.15, 0.2) is 0 Å². The van der Waals surface area contributed by atoms with E-state index in [2.05, 4.69) is 15.5 Å². The van der Waals surface area contributed by atoms with Crippen LogP contribution in [0.25, 0.3) is 11.4 Å². The number of nitrogens with zero attached hydrogens (tertiary/aromatic N) is 3. The number of hydrogen-bond donors (Lipinski definition) is 1. The molecule has 2 aromatic carbocycles. The van der Waals surface area contributed by atoms with Crippen LogP contribution in [0.1, 0.15) is 24.7 Å². The first-order chi connectivity index (χ1) is 14.1. The van der Waals surface area contributed by atoms with Crippen LogP contribution in [-0.4, -0.2) is 41.3 Å². The van der Waals surface area contributed by atoms with Crippen molar-refractivity contribution in [2.75, 3.05) is 25.5 Å². The highest BCUT2D eigenvalue weighted by Crippen LogP contribution is 2.28. The number of nitrogens with one attached hydrogen (secondary N) is 1. The highest BCUT2D eigenvalue weighted by Gasteiger charge is 2.29. The van der Waals surface area contributed by atoms with Crippen LogP contribution in [0.4, 0.5) is 14.9 Å². The van der Waals surface area contributed by atoms with Gasteiger partial charge in [0.1, 0.15) is 11.6 Å². The second-order valence-electron chi connectivity index (χ2n) is 6.88. The molecule has 0 bridgehead atoms. The Labute approximate surface area is 167 Å². The molecule has 2 amide bonds. The maximum atomic E-state index is 13.8. The Kier molecular flexibility index (Phi) is 5.41. The fourth-order valence-electron chi connectivity index (χ4n) is 3.38. The van der Waals surface area contributed by atoms with E-state index in [0.29, 0.717) is 24.8 Å². The third-order valence-corrected chi connectivity index (χ3v) is 4.96. The highest BCUT2D eigenvalue weighted by atomic mass is 19.1. The summed E-state index contributed by atoms with van der Waals surface area (Å²) in [5.74, 6) is 1.22. The van der Waals surface area contributed by atoms with Gasteiger partial charge in [-0.05, 0) is 49.2 Å². The van der Waals surface area contributed by atoms with Crippen molar-refractivity contribution in [2.24, 2.45) is 0 Å². The average molecular weight is 396 g/mol. The maximum absolute atomic E-state index is 13.8. The maximum Gasteiger partial charge on any atom is 0.321 e. The monoisotopic (exact) mass is 396 g/mol. The summed E-state index contributed by atoms with van der Waals surface area (Å²) in [7, 11) is 1.61. The van der Waals surface area contributed by atoms with Gasteiger partial charge in [-0.3, -0.25) is 0 Å². The lowest BCUT2D eigenvalue weighted by Gasteiger charge is -2.31. The summed E-state index contributed by atoms with van der Waals surface area (Å²) >= 11 is 0. The van der Waals surface area contributed by atoms with Crippen LogP contribution in [0, 0.1) is 5.82 Å². The van der Waals surface area contributed by atoms with Crippen LogP contribution in [-0.2, 0) is 0 Å². The molecule has 8 heteroatoms. The van der Waals surface area contributed by atoms with Crippen molar-refractivity contribution < 1.29 is 18.4 Å². The number of benzene rings is 2. The first-order valence-electron chi connectivity index (χ1n) is 9.42. The van der Waals surface area contributed by atoms with Crippen LogP contribution >= 0.6 is 0 Å². The third-order valence-electron chi connectivity index (χ3n) is 4.96. The van der Waals surface area contributed by atoms with E-state index in [0.717, 1.165) is 24.2 Å². The van der Waals surface area contributed by atoms with Gasteiger partial charge in [-0.1, -0.05) is 17.3 Å². The summed E-state index contributed by atoms with van der Waals surface area (Å²) in [5.41, 5.74) is 0.991. The molecule has 1 atom stereocenters. The number of amides is 2. The van der Waals surface area contributed by atoms with E-state index in [1.165, 1.54) is 12.1 Å². The van der Waals surface area contributed by atoms with Crippen molar-refractivity contribution in [1.82, 2.24) is 15.0 Å². The molecule has 0 radical (unpaired) electrons. The van der Waals surface area contributed by atoms with Gasteiger partial charge in [0.2, 0.25) is 11.7 Å². The van der Waals surface area contributed by atoms with Gasteiger partial charge >= 0.3 is 6.03 Å². The average Bonchev–Trinajstić information content (AvgIpc) is 3.26. The topological polar surface area (TPSA) is 80.5 Å². The zero-order valence-corrected chi connectivity index (χ0v) is 16.0. The van der Waals surface area contributed by atoms with Gasteiger partial charge in [0, 0.05) is 18.7 Å². The van der Waals surface area contributed by atoms with E-state index in [9.17, 15) is 9.18 Å². The van der Waals surface area contributed by atoms with Crippen LogP contribution < -0.4 is 10.1 Å². The largest absolute Gasteiger partial charge is 0.497 e. The van der Waals surface area contributed by atoms with Crippen LogP contribution in [0.15, 0.2) is 53.1 Å². The van der Waals surface area contributed by atoms with E-state index in [-0.39, 0.29) is 17.6 Å². The molecule has 150 valence electrons. The first kappa shape index (κ1) is 18.9. The van der Waals surface area contributed by atoms with Crippen LogP contribution in [0.2, 0.25) is 0 Å². The molecule has 1 saturated heterocycles. The minimum atomic E-state index is -0.463. The second kappa shape index (κ2) is 8.30. The van der Waals surface area contributed by atoms with E-state index in [1.54, 1.807) is 24.1 Å². The molecule has 1 aliphatic heterocycles. The van der Waals surface area contributed by atoms with Crippen molar-refractivity contribution in [1.29, 1.82) is 0 Å². The predicted molar refractivity (Wildman–Crippen MR) is 105 cm³/mol. The number of anilines is 1. The van der Waals surface area contributed by atoms with Crippen molar-refractivity contribution in [3.8, 4) is 17.1 Å². The Morgan fingerprint density at radius 1 is 1.24 bits per heavy atom. The van der Waals surface area contributed by atoms with E-state index < -0.39 is 5.82 Å². The zero-order valence-electron chi connectivity index (χ0n) is 16.0. The van der Waals surface area contributed by atoms with Crippen molar-refractivity contribution in [3.05, 3.63) is 60.2 Å². The molecular weight excluding hydrogens is 375 g/mol. The summed E-state index contributed by atoms with van der Waals surface area (Å²) in [4.78, 5) is 18.7. The van der Waals surface area contributed by atoms with Crippen LogP contribution in [0.5, 0.6) is 5.75 Å². The van der Waals surface area contributed by atoms with Gasteiger partial charge in [0.05, 0.1) is 18.7 Å². The molecule has 2 heterocycles. The number of aromatic nitrogens is 2. The SMILES string of the molecule is COc1ccc(-c2noc([C@H]3CCCN(C(=O)Nc4ccccc4F)C3)n2)cc1. The number of hydrogen-bond acceptors (Lipinski definition) is 5. The Morgan fingerprint density at radius 3 is 2.79 bits per heavy atom. The number of rotatable bonds is 4. The lowest BCUT2D eigenvalue weighted by molar-refractivity contribution is 0.184. The van der Waals surface area contributed by atoms with Crippen molar-refractivity contribution >= 4 is 11.7 Å². The minimum Gasteiger partial charge on any atom is -0.497 e. The fourth-order valence-corrected chi connectivity index (χ4v) is 3.38. The molecule has 29 heavy (non-hydrogen) atoms. The Hall–Kier alpha value is -3.42. The molecule has 0 saturated carbocycles. The number of carbonyl (C=O) groups is 1. The number of piperidine rings is 1. The second-order valence-corrected chi connectivity index (χ2v) is 6.88. The van der Waals surface area contributed by atoms with Crippen LogP contribution in [0.3, 0.4) is 0 Å². The molecule has 3 aromatic rings. The number of para-hydroxylation sites is 1. The first-order valence-corrected chi connectivity index (χ1v) is 9.42. The van der Waals surface area contributed by atoms with Gasteiger partial charge in [0.25, 0.3) is 0 Å². The highest BCUT2D eigenvalue weighted by molar-refractivity contribution is 5.89. The molecule has 4 rings (SSSR count). The zero-order chi connectivity index (χ0) is 20.2. The summed E-state index contributed by atoms with van der Waals surface area (Å²) < 4.78 is 24.4. The predicted octanol–water partition coefficient (Wildman–Crippen LogP) is 4.30. The number of methoxy groups -OCH3 is 1. The standard InChI is InChI=1S/C21H21FN4O3/c1-28-16-10-8-14(9-11-16)19-24-20(29-25-19)15-5-4-12-26(13-15)21(27)23-18-7-3-2-6-17(18)22/h2-3,6-11,15H,4-5,12-13H2,1H3,(H,23,27)/t15-/m0/s1. The molecule has 7 nitrogen and oxygen atoms in total. The third kappa shape index (κ3) is 4.21. The molecule has 1 N–H and O–H groups in total. The number of ether oxygens (including phenoxy) is 1. The quantitative estimate of drug-likeness (QED) is 0.711. The lowest BCUT2D eigenvalue weighted by Crippen LogP contribution is -2.41. The normalized spacial score (nSPS) is 16.5. The Bertz CT molecular complexity index is 990. The number of halogens is 1. The summed E-state index contributed by atoms with van der Waals surface area (Å²) in [6, 6.07) is 13.2. The van der Waals surface area contributed by atoms with Gasteiger partial charge in [-0.15, -0.1) is 0 Å². The van der Waals surface area contributed by atoms with Gasteiger partial charge in [-0.2, -0.15) is 4.98 Å². The number of carbonyl (C=O) groups excluding carboxylic acids is 1. The van der Waals surface area contributed by atoms with E-state index in [4.69, 9.17) is 9.26 Å².